The number of aromatic nitrogens is 4. The normalized spacial score (nSPS) is 15.6. The predicted octanol–water partition coefficient (Wildman–Crippen LogP) is 11.3. The molecule has 9 rings (SSSR count). The van der Waals surface area contributed by atoms with E-state index in [0.717, 1.165) is 15.7 Å². The van der Waals surface area contributed by atoms with Gasteiger partial charge in [-0.25, -0.2) is 15.0 Å². The fourth-order valence-corrected chi connectivity index (χ4v) is 5.83. The predicted molar refractivity (Wildman–Crippen MR) is 201 cm³/mol. The lowest BCUT2D eigenvalue weighted by molar-refractivity contribution is 1.07. The summed E-state index contributed by atoms with van der Waals surface area (Å²) in [5, 5.41) is -0.510. The zero-order valence-corrected chi connectivity index (χ0v) is 25.4. The third kappa shape index (κ3) is 5.26. The van der Waals surface area contributed by atoms with Gasteiger partial charge in [0.25, 0.3) is 0 Å². The molecule has 0 spiro atoms. The summed E-state index contributed by atoms with van der Waals surface area (Å²) in [5.41, 5.74) is 0.963. The minimum atomic E-state index is -0.752. The van der Waals surface area contributed by atoms with E-state index < -0.39 is 102 Å². The molecule has 0 unspecified atom stereocenters. The van der Waals surface area contributed by atoms with Crippen LogP contribution in [0.5, 0.6) is 0 Å². The van der Waals surface area contributed by atoms with E-state index in [1.54, 1.807) is 30.3 Å². The van der Waals surface area contributed by atoms with Crippen molar-refractivity contribution in [3.05, 3.63) is 182 Å². The smallest absolute Gasteiger partial charge is 0.164 e. The van der Waals surface area contributed by atoms with Gasteiger partial charge < -0.3 is 4.57 Å². The Hall–Kier alpha value is -6.65. The van der Waals surface area contributed by atoms with E-state index in [1.165, 1.54) is 6.07 Å². The van der Waals surface area contributed by atoms with Crippen molar-refractivity contribution in [2.45, 2.75) is 0 Å². The molecule has 0 fully saturated rings. The minimum absolute atomic E-state index is 0.136. The molecule has 0 saturated heterocycles. The molecule has 0 radical (unpaired) electrons. The molecular formula is C45H30N4. The number of nitrogens with zero attached hydrogens (tertiary/aromatic N) is 4. The van der Waals surface area contributed by atoms with Crippen LogP contribution in [0.4, 0.5) is 0 Å². The van der Waals surface area contributed by atoms with Crippen LogP contribution in [0.1, 0.15) is 20.6 Å². The monoisotopic (exact) mass is 641 g/mol. The largest absolute Gasteiger partial charge is 0.309 e. The van der Waals surface area contributed by atoms with Crippen molar-refractivity contribution in [3.63, 3.8) is 0 Å². The van der Waals surface area contributed by atoms with Gasteiger partial charge in [0.2, 0.25) is 0 Å². The van der Waals surface area contributed by atoms with Crippen molar-refractivity contribution in [1.82, 2.24) is 19.5 Å². The van der Waals surface area contributed by atoms with Crippen molar-refractivity contribution in [2.75, 3.05) is 0 Å². The molecule has 4 heteroatoms. The third-order valence-electron chi connectivity index (χ3n) is 8.05. The fourth-order valence-electron chi connectivity index (χ4n) is 5.83. The highest BCUT2D eigenvalue weighted by Gasteiger charge is 2.20. The van der Waals surface area contributed by atoms with Gasteiger partial charge in [-0.05, 0) is 52.5 Å². The molecule has 0 N–H and O–H groups in total. The Kier molecular flexibility index (Phi) is 4.21. The van der Waals surface area contributed by atoms with Gasteiger partial charge in [-0.15, -0.1) is 0 Å². The molecule has 0 aliphatic rings. The average Bonchev–Trinajstić information content (AvgIpc) is 3.65. The summed E-state index contributed by atoms with van der Waals surface area (Å²) in [6.07, 6.45) is 0. The molecule has 0 amide bonds. The molecule has 4 nitrogen and oxygen atoms in total. The summed E-state index contributed by atoms with van der Waals surface area (Å²) in [6, 6.07) is 16.7. The molecule has 0 bridgehead atoms. The van der Waals surface area contributed by atoms with Crippen molar-refractivity contribution in [3.8, 4) is 62.1 Å². The molecule has 2 aromatic heterocycles. The second-order valence-electron chi connectivity index (χ2n) is 11.0. The maximum Gasteiger partial charge on any atom is 0.164 e. The Bertz CT molecular complexity index is 3370. The van der Waals surface area contributed by atoms with Crippen molar-refractivity contribution < 1.29 is 20.6 Å². The third-order valence-corrected chi connectivity index (χ3v) is 8.05. The summed E-state index contributed by atoms with van der Waals surface area (Å²) in [4.78, 5) is 14.5. The second kappa shape index (κ2) is 12.2. The van der Waals surface area contributed by atoms with Gasteiger partial charge in [-0.2, -0.15) is 0 Å². The SMILES string of the molecule is [2H]c1c([2H])c([2H])c(-c2c([2H])c(-c3nc(-c4ccccc4)nc(-c4ccc(-c5ccccc5)cc4)n3)cc3c2c2c([2H])c([2H])c([2H])c([2H])c2n3-c2c([2H])c([2H])c([2H])c([2H])c2[2H])c([2H])c1[2H]. The fraction of sp³-hybridized carbons (Fsp3) is 0. The summed E-state index contributed by atoms with van der Waals surface area (Å²) in [6.45, 7) is 0. The number of hydrogen-bond acceptors (Lipinski definition) is 3. The highest BCUT2D eigenvalue weighted by Crippen LogP contribution is 2.41. The first-order valence-corrected chi connectivity index (χ1v) is 15.2. The van der Waals surface area contributed by atoms with Crippen molar-refractivity contribution in [2.24, 2.45) is 0 Å². The van der Waals surface area contributed by atoms with E-state index >= 15 is 0 Å². The molecule has 7 aromatic carbocycles. The molecule has 230 valence electrons. The lowest BCUT2D eigenvalue weighted by Gasteiger charge is -2.13. The maximum atomic E-state index is 9.96. The molecule has 0 aliphatic carbocycles. The highest BCUT2D eigenvalue weighted by molar-refractivity contribution is 6.16. The van der Waals surface area contributed by atoms with Gasteiger partial charge in [0, 0.05) is 33.2 Å². The molecule has 2 heterocycles. The Balaban J connectivity index is 1.49. The summed E-state index contributed by atoms with van der Waals surface area (Å²) < 4.78 is 134. The van der Waals surface area contributed by atoms with E-state index in [-0.39, 0.29) is 50.4 Å². The van der Waals surface area contributed by atoms with Gasteiger partial charge >= 0.3 is 0 Å². The maximum absolute atomic E-state index is 9.96. The average molecular weight is 642 g/mol. The first kappa shape index (κ1) is 17.0. The highest BCUT2D eigenvalue weighted by atomic mass is 15.0. The molecule has 0 aliphatic heterocycles. The number of fused-ring (bicyclic) bond motifs is 3. The zero-order valence-electron chi connectivity index (χ0n) is 40.4. The van der Waals surface area contributed by atoms with Crippen LogP contribution in [0.3, 0.4) is 0 Å². The van der Waals surface area contributed by atoms with Crippen LogP contribution in [0.25, 0.3) is 83.9 Å². The minimum Gasteiger partial charge on any atom is -0.309 e. The summed E-state index contributed by atoms with van der Waals surface area (Å²) >= 11 is 0. The van der Waals surface area contributed by atoms with Gasteiger partial charge in [0.1, 0.15) is 0 Å². The number of para-hydroxylation sites is 2. The molecule has 9 aromatic rings. The Morgan fingerprint density at radius 3 is 1.61 bits per heavy atom. The Morgan fingerprint density at radius 1 is 0.429 bits per heavy atom. The van der Waals surface area contributed by atoms with Crippen molar-refractivity contribution in [1.29, 1.82) is 0 Å². The second-order valence-corrected chi connectivity index (χ2v) is 11.0. The van der Waals surface area contributed by atoms with Gasteiger partial charge in [-0.3, -0.25) is 0 Å². The number of rotatable bonds is 6. The van der Waals surface area contributed by atoms with Crippen LogP contribution in [0, 0.1) is 0 Å². The summed E-state index contributed by atoms with van der Waals surface area (Å²) in [7, 11) is 0. The number of benzene rings is 7. The van der Waals surface area contributed by atoms with Crippen LogP contribution < -0.4 is 0 Å². The first-order valence-electron chi connectivity index (χ1n) is 22.7. The van der Waals surface area contributed by atoms with Gasteiger partial charge in [0.05, 0.1) is 31.6 Å². The number of hydrogen-bond donors (Lipinski definition) is 0. The summed E-state index contributed by atoms with van der Waals surface area (Å²) in [5.74, 6) is 0.189. The van der Waals surface area contributed by atoms with E-state index in [9.17, 15) is 4.11 Å². The molecular weight excluding hydrogens is 597 g/mol. The van der Waals surface area contributed by atoms with Crippen LogP contribution >= 0.6 is 0 Å². The van der Waals surface area contributed by atoms with Crippen LogP contribution in [0.2, 0.25) is 0 Å². The Labute approximate surface area is 305 Å². The van der Waals surface area contributed by atoms with Crippen LogP contribution in [0.15, 0.2) is 182 Å². The first-order chi connectivity index (χ1) is 30.5. The lowest BCUT2D eigenvalue weighted by Crippen LogP contribution is -2.01. The van der Waals surface area contributed by atoms with Gasteiger partial charge in [0.15, 0.2) is 17.5 Å². The zero-order chi connectivity index (χ0) is 45.6. The van der Waals surface area contributed by atoms with Crippen molar-refractivity contribution >= 4 is 21.8 Å². The quantitative estimate of drug-likeness (QED) is 0.181. The van der Waals surface area contributed by atoms with E-state index in [4.69, 9.17) is 31.4 Å². The van der Waals surface area contributed by atoms with Crippen LogP contribution in [-0.4, -0.2) is 19.5 Å². The van der Waals surface area contributed by atoms with Gasteiger partial charge in [-0.1, -0.05) is 151 Å². The topological polar surface area (TPSA) is 43.6 Å². The molecule has 0 atom stereocenters. The molecule has 0 saturated carbocycles. The standard InChI is InChI=1S/C45H30N4/c1-5-15-31(16-6-1)32-25-27-35(28-26-32)44-46-43(34-19-9-3-10-20-34)47-45(48-44)36-29-39(33-17-7-2-8-18-33)42-38-23-13-14-24-40(38)49(41(42)30-36)37-21-11-4-12-22-37/h1-30H/i2D,4D,7D,8D,11D,12D,13D,14D,17D,18D,21D,22D,23D,24D,29D. The van der Waals surface area contributed by atoms with Crippen LogP contribution in [-0.2, 0) is 0 Å². The Morgan fingerprint density at radius 2 is 0.939 bits per heavy atom. The van der Waals surface area contributed by atoms with E-state index in [1.807, 2.05) is 54.6 Å². The molecule has 49 heavy (non-hydrogen) atoms. The lowest BCUT2D eigenvalue weighted by atomic mass is 9.96. The van der Waals surface area contributed by atoms with E-state index in [0.29, 0.717) is 11.1 Å². The van der Waals surface area contributed by atoms with E-state index in [2.05, 4.69) is 0 Å².